The number of urea groups is 1. The molecular formula is C23H24N4O2. The van der Waals surface area contributed by atoms with Crippen molar-refractivity contribution in [1.29, 1.82) is 0 Å². The number of carbonyl (C=O) groups is 2. The van der Waals surface area contributed by atoms with Crippen molar-refractivity contribution in [2.45, 2.75) is 30.8 Å². The van der Waals surface area contributed by atoms with Crippen molar-refractivity contribution < 1.29 is 9.59 Å². The molecule has 2 aromatic carbocycles. The molecule has 1 unspecified atom stereocenters. The third-order valence-electron chi connectivity index (χ3n) is 6.32. The summed E-state index contributed by atoms with van der Waals surface area (Å²) < 4.78 is 0. The van der Waals surface area contributed by atoms with E-state index >= 15 is 0 Å². The second-order valence-electron chi connectivity index (χ2n) is 8.13. The molecule has 0 spiro atoms. The number of amides is 3. The molecule has 0 saturated carbocycles. The number of hydrogen-bond acceptors (Lipinski definition) is 3. The molecule has 1 aliphatic heterocycles. The van der Waals surface area contributed by atoms with Crippen molar-refractivity contribution in [2.75, 3.05) is 13.6 Å². The number of piperidine rings is 1. The van der Waals surface area contributed by atoms with Crippen molar-refractivity contribution in [2.24, 2.45) is 0 Å². The highest BCUT2D eigenvalue weighted by molar-refractivity contribution is 6.04. The van der Waals surface area contributed by atoms with Gasteiger partial charge in [-0.25, -0.2) is 4.79 Å². The summed E-state index contributed by atoms with van der Waals surface area (Å²) in [5.41, 5.74) is 4.39. The van der Waals surface area contributed by atoms with Crippen molar-refractivity contribution in [3.8, 4) is 0 Å². The number of fused-ring (bicyclic) bond motifs is 2. The lowest BCUT2D eigenvalue weighted by Gasteiger charge is -2.45. The van der Waals surface area contributed by atoms with Crippen LogP contribution in [0.5, 0.6) is 0 Å². The number of aromatic amines is 1. The minimum Gasteiger partial charge on any atom is -0.361 e. The molecule has 3 aromatic rings. The summed E-state index contributed by atoms with van der Waals surface area (Å²) in [6, 6.07) is 15.2. The van der Waals surface area contributed by atoms with Gasteiger partial charge in [0.2, 0.25) is 0 Å². The summed E-state index contributed by atoms with van der Waals surface area (Å²) in [7, 11) is 2.12. The zero-order valence-corrected chi connectivity index (χ0v) is 16.3. The highest BCUT2D eigenvalue weighted by atomic mass is 16.2. The lowest BCUT2D eigenvalue weighted by molar-refractivity contribution is 0.0957. The number of likely N-dealkylation sites (tertiary alicyclic amines) is 1. The molecular weight excluding hydrogens is 364 g/mol. The number of H-pyrrole nitrogens is 1. The summed E-state index contributed by atoms with van der Waals surface area (Å²) >= 11 is 0. The van der Waals surface area contributed by atoms with E-state index in [0.717, 1.165) is 19.4 Å². The molecule has 148 valence electrons. The van der Waals surface area contributed by atoms with Crippen LogP contribution in [0, 0.1) is 0 Å². The van der Waals surface area contributed by atoms with Crippen LogP contribution in [0.4, 0.5) is 4.79 Å². The van der Waals surface area contributed by atoms with Gasteiger partial charge in [-0.3, -0.25) is 10.1 Å². The van der Waals surface area contributed by atoms with Gasteiger partial charge in [0, 0.05) is 47.2 Å². The first-order chi connectivity index (χ1) is 14.1. The Balaban J connectivity index is 1.31. The van der Waals surface area contributed by atoms with E-state index in [1.54, 1.807) is 24.3 Å². The number of nitrogens with zero attached hydrogens (tertiary/aromatic N) is 1. The number of imide groups is 1. The lowest BCUT2D eigenvalue weighted by Crippen LogP contribution is -2.56. The van der Waals surface area contributed by atoms with Crippen molar-refractivity contribution in [3.63, 3.8) is 0 Å². The fourth-order valence-electron chi connectivity index (χ4n) is 5.03. The number of rotatable bonds is 2. The van der Waals surface area contributed by atoms with Crippen LogP contribution < -0.4 is 10.6 Å². The standard InChI is InChI=1S/C23H24N4O2/c1-27-13-16(25-23(29)26-22(28)14-6-3-2-4-7-14)11-18-17-8-5-9-19-21(17)15(12-24-19)10-20(18)27/h2-9,12,16,18,20,24H,10-11,13H2,1H3,(H2,25,26,28,29)/t16-,18?,20-/m1/s1. The maximum Gasteiger partial charge on any atom is 0.321 e. The maximum atomic E-state index is 12.4. The van der Waals surface area contributed by atoms with E-state index in [9.17, 15) is 9.59 Å². The minimum absolute atomic E-state index is 0.0134. The van der Waals surface area contributed by atoms with Crippen molar-refractivity contribution in [1.82, 2.24) is 20.5 Å². The number of likely N-dealkylation sites (N-methyl/N-ethyl adjacent to an activating group) is 1. The molecule has 2 aliphatic rings. The zero-order valence-electron chi connectivity index (χ0n) is 16.3. The van der Waals surface area contributed by atoms with Gasteiger partial charge in [0.05, 0.1) is 0 Å². The van der Waals surface area contributed by atoms with E-state index in [2.05, 4.69) is 52.0 Å². The molecule has 6 heteroatoms. The van der Waals surface area contributed by atoms with E-state index in [0.29, 0.717) is 17.5 Å². The molecule has 3 atom stereocenters. The number of aromatic nitrogens is 1. The van der Waals surface area contributed by atoms with E-state index in [-0.39, 0.29) is 11.9 Å². The van der Waals surface area contributed by atoms with Gasteiger partial charge in [0.25, 0.3) is 5.91 Å². The molecule has 3 N–H and O–H groups in total. The number of hydrogen-bond donors (Lipinski definition) is 3. The first-order valence-corrected chi connectivity index (χ1v) is 10.1. The topological polar surface area (TPSA) is 77.2 Å². The maximum absolute atomic E-state index is 12.4. The Labute approximate surface area is 169 Å². The molecule has 1 aliphatic carbocycles. The van der Waals surface area contributed by atoms with Crippen LogP contribution in [0.25, 0.3) is 10.9 Å². The normalized spacial score (nSPS) is 23.4. The Hall–Kier alpha value is -3.12. The van der Waals surface area contributed by atoms with Crippen molar-refractivity contribution >= 4 is 22.8 Å². The molecule has 1 fully saturated rings. The Kier molecular flexibility index (Phi) is 4.36. The van der Waals surface area contributed by atoms with Gasteiger partial charge in [-0.2, -0.15) is 0 Å². The summed E-state index contributed by atoms with van der Waals surface area (Å²) in [6.07, 6.45) is 4.01. The van der Waals surface area contributed by atoms with Gasteiger partial charge in [-0.15, -0.1) is 0 Å². The van der Waals surface area contributed by atoms with Crippen LogP contribution in [0.15, 0.2) is 54.7 Å². The Morgan fingerprint density at radius 1 is 1.10 bits per heavy atom. The van der Waals surface area contributed by atoms with Gasteiger partial charge >= 0.3 is 6.03 Å². The molecule has 6 nitrogen and oxygen atoms in total. The number of nitrogens with one attached hydrogen (secondary N) is 3. The smallest absolute Gasteiger partial charge is 0.321 e. The minimum atomic E-state index is -0.438. The predicted molar refractivity (Wildman–Crippen MR) is 112 cm³/mol. The first kappa shape index (κ1) is 17.9. The molecule has 29 heavy (non-hydrogen) atoms. The van der Waals surface area contributed by atoms with Gasteiger partial charge < -0.3 is 15.2 Å². The monoisotopic (exact) mass is 388 g/mol. The largest absolute Gasteiger partial charge is 0.361 e. The van der Waals surface area contributed by atoms with Crippen LogP contribution >= 0.6 is 0 Å². The number of carbonyl (C=O) groups excluding carboxylic acids is 2. The first-order valence-electron chi connectivity index (χ1n) is 10.1. The molecule has 2 heterocycles. The molecule has 1 saturated heterocycles. The molecule has 1 aromatic heterocycles. The van der Waals surface area contributed by atoms with Crippen LogP contribution in [-0.4, -0.2) is 47.5 Å². The van der Waals surface area contributed by atoms with Crippen LogP contribution in [0.2, 0.25) is 0 Å². The predicted octanol–water partition coefficient (Wildman–Crippen LogP) is 3.02. The average molecular weight is 388 g/mol. The summed E-state index contributed by atoms with van der Waals surface area (Å²) in [5, 5.41) is 6.80. The molecule has 5 rings (SSSR count). The summed E-state index contributed by atoms with van der Waals surface area (Å²) in [5.74, 6) is -0.0274. The SMILES string of the molecule is CN1C[C@H](NC(=O)NC(=O)c2ccccc2)CC2c3cccc4[nH]cc(c34)C[C@H]21. The van der Waals surface area contributed by atoms with Crippen molar-refractivity contribution in [3.05, 3.63) is 71.4 Å². The second-order valence-corrected chi connectivity index (χ2v) is 8.13. The third kappa shape index (κ3) is 3.19. The number of benzene rings is 2. The van der Waals surface area contributed by atoms with Gasteiger partial charge in [0.15, 0.2) is 0 Å². The van der Waals surface area contributed by atoms with E-state index in [1.807, 2.05) is 6.07 Å². The highest BCUT2D eigenvalue weighted by Crippen LogP contribution is 2.42. The van der Waals surface area contributed by atoms with E-state index < -0.39 is 6.03 Å². The van der Waals surface area contributed by atoms with E-state index in [4.69, 9.17) is 0 Å². The van der Waals surface area contributed by atoms with Gasteiger partial charge in [0.1, 0.15) is 0 Å². The van der Waals surface area contributed by atoms with E-state index in [1.165, 1.54) is 22.0 Å². The summed E-state index contributed by atoms with van der Waals surface area (Å²) in [6.45, 7) is 0.768. The van der Waals surface area contributed by atoms with Crippen LogP contribution in [-0.2, 0) is 6.42 Å². The lowest BCUT2D eigenvalue weighted by atomic mass is 9.74. The van der Waals surface area contributed by atoms with Gasteiger partial charge in [-0.05, 0) is 49.2 Å². The summed E-state index contributed by atoms with van der Waals surface area (Å²) in [4.78, 5) is 30.4. The Bertz CT molecular complexity index is 1070. The third-order valence-corrected chi connectivity index (χ3v) is 6.32. The fourth-order valence-corrected chi connectivity index (χ4v) is 5.03. The Morgan fingerprint density at radius 2 is 1.93 bits per heavy atom. The molecule has 3 amide bonds. The average Bonchev–Trinajstić information content (AvgIpc) is 3.14. The van der Waals surface area contributed by atoms with Crippen LogP contribution in [0.3, 0.4) is 0 Å². The van der Waals surface area contributed by atoms with Gasteiger partial charge in [-0.1, -0.05) is 30.3 Å². The second kappa shape index (κ2) is 7.04. The highest BCUT2D eigenvalue weighted by Gasteiger charge is 2.39. The zero-order chi connectivity index (χ0) is 20.0. The fraction of sp³-hybridized carbons (Fsp3) is 0.304. The van der Waals surface area contributed by atoms with Crippen LogP contribution in [0.1, 0.15) is 33.8 Å². The quantitative estimate of drug-likeness (QED) is 0.632. The molecule has 0 bridgehead atoms. The Morgan fingerprint density at radius 3 is 2.76 bits per heavy atom. The molecule has 0 radical (unpaired) electrons.